The average Bonchev–Trinajstić information content (AvgIpc) is 3.07. The van der Waals surface area contributed by atoms with Crippen molar-refractivity contribution in [2.24, 2.45) is 0 Å². The summed E-state index contributed by atoms with van der Waals surface area (Å²) in [4.78, 5) is 17.1. The Morgan fingerprint density at radius 3 is 2.65 bits per heavy atom. The number of benzene rings is 1. The number of carbonyl (C=O) groups excluding carboxylic acids is 1. The number of nitrogens with one attached hydrogen (secondary N) is 2. The van der Waals surface area contributed by atoms with Crippen LogP contribution in [0.1, 0.15) is 40.2 Å². The summed E-state index contributed by atoms with van der Waals surface area (Å²) in [5.74, 6) is 0.864. The predicted molar refractivity (Wildman–Crippen MR) is 102 cm³/mol. The van der Waals surface area contributed by atoms with Crippen molar-refractivity contribution in [3.05, 3.63) is 46.1 Å². The molecule has 3 heterocycles. The highest BCUT2D eigenvalue weighted by molar-refractivity contribution is 5.94. The minimum Gasteiger partial charge on any atom is -0.311 e. The zero-order valence-electron chi connectivity index (χ0n) is 15.8. The maximum absolute atomic E-state index is 12.1. The molecule has 4 rings (SSSR count). The van der Waals surface area contributed by atoms with E-state index >= 15 is 0 Å². The molecule has 2 aromatic rings. The van der Waals surface area contributed by atoms with E-state index in [0.29, 0.717) is 6.42 Å². The third-order valence-electron chi connectivity index (χ3n) is 5.79. The number of likely N-dealkylation sites (N-methyl/N-ethyl adjacent to an activating group) is 1. The van der Waals surface area contributed by atoms with E-state index in [-0.39, 0.29) is 11.8 Å². The third kappa shape index (κ3) is 3.27. The fourth-order valence-electron chi connectivity index (χ4n) is 4.13. The normalized spacial score (nSPS) is 21.5. The lowest BCUT2D eigenvalue weighted by Gasteiger charge is -2.33. The van der Waals surface area contributed by atoms with Crippen LogP contribution in [0.3, 0.4) is 0 Å². The summed E-state index contributed by atoms with van der Waals surface area (Å²) in [5, 5.41) is 9.92. The minimum atomic E-state index is 0.0485. The number of hydrogen-bond acceptors (Lipinski definition) is 4. The molecule has 0 unspecified atom stereocenters. The highest BCUT2D eigenvalue weighted by atomic mass is 16.1. The Morgan fingerprint density at radius 2 is 1.88 bits per heavy atom. The molecule has 0 bridgehead atoms. The van der Waals surface area contributed by atoms with Gasteiger partial charge in [-0.3, -0.25) is 14.8 Å². The largest absolute Gasteiger partial charge is 0.311 e. The van der Waals surface area contributed by atoms with Gasteiger partial charge in [0.2, 0.25) is 5.91 Å². The lowest BCUT2D eigenvalue weighted by atomic mass is 9.83. The molecule has 1 amide bonds. The van der Waals surface area contributed by atoms with Gasteiger partial charge in [-0.1, -0.05) is 12.1 Å². The van der Waals surface area contributed by atoms with Gasteiger partial charge in [-0.15, -0.1) is 0 Å². The summed E-state index contributed by atoms with van der Waals surface area (Å²) in [6.45, 7) is 9.78. The molecule has 26 heavy (non-hydrogen) atoms. The van der Waals surface area contributed by atoms with Gasteiger partial charge < -0.3 is 10.2 Å². The number of carbonyl (C=O) groups is 1. The number of amides is 1. The van der Waals surface area contributed by atoms with Crippen molar-refractivity contribution in [3.8, 4) is 0 Å². The van der Waals surface area contributed by atoms with Gasteiger partial charge in [0.25, 0.3) is 0 Å². The number of hydrogen-bond donors (Lipinski definition) is 2. The molecule has 6 nitrogen and oxygen atoms in total. The molecule has 2 aliphatic rings. The number of aryl methyl sites for hydroxylation is 2. The number of rotatable bonds is 3. The van der Waals surface area contributed by atoms with Gasteiger partial charge in [0.15, 0.2) is 0 Å². The second-order valence-corrected chi connectivity index (χ2v) is 7.72. The van der Waals surface area contributed by atoms with E-state index in [9.17, 15) is 4.79 Å². The zero-order valence-corrected chi connectivity index (χ0v) is 15.8. The molecule has 2 aliphatic heterocycles. The molecule has 6 heteroatoms. The van der Waals surface area contributed by atoms with Crippen LogP contribution in [0, 0.1) is 13.8 Å². The first-order chi connectivity index (χ1) is 12.5. The first-order valence-corrected chi connectivity index (χ1v) is 9.35. The summed E-state index contributed by atoms with van der Waals surface area (Å²) in [7, 11) is 2.18. The Kier molecular flexibility index (Phi) is 4.54. The number of H-pyrrole nitrogens is 1. The Morgan fingerprint density at radius 1 is 1.12 bits per heavy atom. The number of nitrogens with zero attached hydrogens (tertiary/aromatic N) is 3. The Balaban J connectivity index is 1.64. The lowest BCUT2D eigenvalue weighted by molar-refractivity contribution is -0.116. The van der Waals surface area contributed by atoms with Gasteiger partial charge in [-0.05, 0) is 43.1 Å². The standard InChI is InChI=1S/C20H27N5O/c1-13-8-14(2)16(9-15(13)12-25-6-4-24(3)5-7-25)17-10-19(26)22-20-18(17)11-21-23-20/h8-9,11,17H,4-7,10,12H2,1-3H3,(H2,21,22,23,26)/t17-/m1/s1. The van der Waals surface area contributed by atoms with Gasteiger partial charge in [0.1, 0.15) is 5.82 Å². The summed E-state index contributed by atoms with van der Waals surface area (Å²) < 4.78 is 0. The minimum absolute atomic E-state index is 0.0485. The second-order valence-electron chi connectivity index (χ2n) is 7.72. The van der Waals surface area contributed by atoms with Gasteiger partial charge in [0.05, 0.1) is 6.20 Å². The van der Waals surface area contributed by atoms with E-state index in [0.717, 1.165) is 44.1 Å². The van der Waals surface area contributed by atoms with Crippen molar-refractivity contribution in [3.63, 3.8) is 0 Å². The summed E-state index contributed by atoms with van der Waals surface area (Å²) >= 11 is 0. The number of piperazine rings is 1. The Bertz CT molecular complexity index is 820. The van der Waals surface area contributed by atoms with Crippen molar-refractivity contribution < 1.29 is 4.79 Å². The molecule has 0 saturated carbocycles. The SMILES string of the molecule is Cc1cc(C)c([C@H]2CC(=O)Nc3[nH]ncc32)cc1CN1CCN(C)CC1. The van der Waals surface area contributed by atoms with Crippen molar-refractivity contribution >= 4 is 11.7 Å². The predicted octanol–water partition coefficient (Wildman–Crippen LogP) is 2.25. The monoisotopic (exact) mass is 353 g/mol. The van der Waals surface area contributed by atoms with Gasteiger partial charge in [0, 0.05) is 50.6 Å². The Labute approximate surface area is 154 Å². The fraction of sp³-hybridized carbons (Fsp3) is 0.500. The number of anilines is 1. The average molecular weight is 353 g/mol. The molecule has 1 saturated heterocycles. The molecule has 0 spiro atoms. The number of aromatic nitrogens is 2. The zero-order chi connectivity index (χ0) is 18.3. The van der Waals surface area contributed by atoms with Crippen LogP contribution < -0.4 is 5.32 Å². The summed E-state index contributed by atoms with van der Waals surface area (Å²) in [6.07, 6.45) is 2.32. The third-order valence-corrected chi connectivity index (χ3v) is 5.79. The first-order valence-electron chi connectivity index (χ1n) is 9.35. The maximum Gasteiger partial charge on any atom is 0.226 e. The van der Waals surface area contributed by atoms with Crippen molar-refractivity contribution in [1.82, 2.24) is 20.0 Å². The fourth-order valence-corrected chi connectivity index (χ4v) is 4.13. The molecular weight excluding hydrogens is 326 g/mol. The second kappa shape index (κ2) is 6.85. The quantitative estimate of drug-likeness (QED) is 0.888. The van der Waals surface area contributed by atoms with Crippen LogP contribution in [0.5, 0.6) is 0 Å². The highest BCUT2D eigenvalue weighted by Crippen LogP contribution is 2.38. The van der Waals surface area contributed by atoms with Crippen molar-refractivity contribution in [1.29, 1.82) is 0 Å². The van der Waals surface area contributed by atoms with E-state index in [1.807, 2.05) is 6.20 Å². The first kappa shape index (κ1) is 17.2. The molecule has 1 aromatic carbocycles. The number of fused-ring (bicyclic) bond motifs is 1. The van der Waals surface area contributed by atoms with E-state index in [4.69, 9.17) is 0 Å². The van der Waals surface area contributed by atoms with Crippen LogP contribution in [0.15, 0.2) is 18.3 Å². The van der Waals surface area contributed by atoms with Crippen LogP contribution in [-0.4, -0.2) is 59.1 Å². The van der Waals surface area contributed by atoms with Crippen LogP contribution in [-0.2, 0) is 11.3 Å². The lowest BCUT2D eigenvalue weighted by Crippen LogP contribution is -2.44. The molecule has 1 atom stereocenters. The smallest absolute Gasteiger partial charge is 0.226 e. The van der Waals surface area contributed by atoms with Crippen LogP contribution in [0.25, 0.3) is 0 Å². The van der Waals surface area contributed by atoms with Crippen LogP contribution >= 0.6 is 0 Å². The molecule has 1 fully saturated rings. The van der Waals surface area contributed by atoms with Gasteiger partial charge in [-0.25, -0.2) is 0 Å². The molecular formula is C20H27N5O. The van der Waals surface area contributed by atoms with E-state index in [1.54, 1.807) is 0 Å². The summed E-state index contributed by atoms with van der Waals surface area (Å²) in [5.41, 5.74) is 6.28. The molecule has 0 aliphatic carbocycles. The van der Waals surface area contributed by atoms with E-state index in [2.05, 4.69) is 58.3 Å². The maximum atomic E-state index is 12.1. The van der Waals surface area contributed by atoms with E-state index in [1.165, 1.54) is 22.3 Å². The van der Waals surface area contributed by atoms with E-state index < -0.39 is 0 Å². The van der Waals surface area contributed by atoms with Crippen molar-refractivity contribution in [2.45, 2.75) is 32.7 Å². The number of aromatic amines is 1. The van der Waals surface area contributed by atoms with Gasteiger partial charge >= 0.3 is 0 Å². The Hall–Kier alpha value is -2.18. The summed E-state index contributed by atoms with van der Waals surface area (Å²) in [6, 6.07) is 4.59. The van der Waals surface area contributed by atoms with Gasteiger partial charge in [-0.2, -0.15) is 5.10 Å². The molecule has 1 aromatic heterocycles. The topological polar surface area (TPSA) is 64.3 Å². The van der Waals surface area contributed by atoms with Crippen molar-refractivity contribution in [2.75, 3.05) is 38.5 Å². The van der Waals surface area contributed by atoms with Crippen LogP contribution in [0.4, 0.5) is 5.82 Å². The van der Waals surface area contributed by atoms with Crippen LogP contribution in [0.2, 0.25) is 0 Å². The highest BCUT2D eigenvalue weighted by Gasteiger charge is 2.29. The molecule has 0 radical (unpaired) electrons. The molecule has 2 N–H and O–H groups in total. The molecule has 138 valence electrons.